The highest BCUT2D eigenvalue weighted by atomic mass is 16.3. The van der Waals surface area contributed by atoms with Crippen LogP contribution >= 0.6 is 0 Å². The van der Waals surface area contributed by atoms with Gasteiger partial charge in [0.05, 0.1) is 0 Å². The highest BCUT2D eigenvalue weighted by Crippen LogP contribution is 2.43. The van der Waals surface area contributed by atoms with Gasteiger partial charge in [0.1, 0.15) is 22.3 Å². The summed E-state index contributed by atoms with van der Waals surface area (Å²) in [5, 5.41) is 9.27. The van der Waals surface area contributed by atoms with Crippen molar-refractivity contribution >= 4 is 82.5 Å². The van der Waals surface area contributed by atoms with E-state index < -0.39 is 0 Å². The van der Waals surface area contributed by atoms with Gasteiger partial charge in [-0.2, -0.15) is 0 Å². The first-order chi connectivity index (χ1) is 29.2. The molecule has 12 aromatic rings. The molecule has 276 valence electrons. The quantitative estimate of drug-likeness (QED) is 0.158. The van der Waals surface area contributed by atoms with E-state index in [9.17, 15) is 0 Å². The average molecular weight is 754 g/mol. The Morgan fingerprint density at radius 2 is 0.746 bits per heavy atom. The zero-order valence-electron chi connectivity index (χ0n) is 32.0. The number of hydrogen-bond donors (Lipinski definition) is 0. The first-order valence-electron chi connectivity index (χ1n) is 20.1. The number of benzene rings is 10. The molecule has 0 saturated carbocycles. The molecule has 0 amide bonds. The number of furan rings is 2. The maximum Gasteiger partial charge on any atom is 0.143 e. The van der Waals surface area contributed by atoms with Crippen molar-refractivity contribution in [2.24, 2.45) is 0 Å². The summed E-state index contributed by atoms with van der Waals surface area (Å²) in [5.41, 5.74) is 13.6. The lowest BCUT2D eigenvalue weighted by molar-refractivity contribution is 0.670. The summed E-state index contributed by atoms with van der Waals surface area (Å²) >= 11 is 0. The summed E-state index contributed by atoms with van der Waals surface area (Å²) in [6.07, 6.45) is 0. The van der Waals surface area contributed by atoms with Crippen molar-refractivity contribution in [2.45, 2.75) is 0 Å². The Balaban J connectivity index is 0.957. The normalized spacial score (nSPS) is 11.7. The minimum atomic E-state index is 0.902. The number of para-hydroxylation sites is 3. The van der Waals surface area contributed by atoms with Gasteiger partial charge in [0, 0.05) is 55.1 Å². The molecule has 3 heteroatoms. The van der Waals surface area contributed by atoms with E-state index in [1.54, 1.807) is 0 Å². The molecule has 10 aromatic carbocycles. The highest BCUT2D eigenvalue weighted by Gasteiger charge is 2.19. The molecule has 59 heavy (non-hydrogen) atoms. The van der Waals surface area contributed by atoms with Crippen molar-refractivity contribution < 1.29 is 8.83 Å². The van der Waals surface area contributed by atoms with Crippen LogP contribution in [0, 0.1) is 0 Å². The average Bonchev–Trinajstić information content (AvgIpc) is 3.89. The Labute approximate surface area is 340 Å². The second-order valence-corrected chi connectivity index (χ2v) is 15.2. The molecule has 2 heterocycles. The van der Waals surface area contributed by atoms with Crippen LogP contribution in [0.1, 0.15) is 0 Å². The molecule has 0 aliphatic carbocycles. The molecular weight excluding hydrogens is 719 g/mol. The number of fused-ring (bicyclic) bond motifs is 10. The third-order valence-corrected chi connectivity index (χ3v) is 11.9. The van der Waals surface area contributed by atoms with Crippen LogP contribution in [0.15, 0.2) is 221 Å². The van der Waals surface area contributed by atoms with E-state index in [0.717, 1.165) is 88.6 Å². The summed E-state index contributed by atoms with van der Waals surface area (Å²) in [7, 11) is 0. The second-order valence-electron chi connectivity index (χ2n) is 15.2. The number of nitrogens with zero attached hydrogens (tertiary/aromatic N) is 1. The van der Waals surface area contributed by atoms with Crippen LogP contribution in [0.5, 0.6) is 0 Å². The molecule has 0 bridgehead atoms. The predicted octanol–water partition coefficient (Wildman–Crippen LogP) is 16.3. The Morgan fingerprint density at radius 3 is 1.42 bits per heavy atom. The van der Waals surface area contributed by atoms with Gasteiger partial charge in [0.25, 0.3) is 0 Å². The van der Waals surface area contributed by atoms with Crippen molar-refractivity contribution in [1.29, 1.82) is 0 Å². The van der Waals surface area contributed by atoms with Crippen molar-refractivity contribution in [3.8, 4) is 33.4 Å². The fourth-order valence-electron chi connectivity index (χ4n) is 9.01. The van der Waals surface area contributed by atoms with Crippen LogP contribution in [0.4, 0.5) is 17.1 Å². The molecule has 3 nitrogen and oxygen atoms in total. The Bertz CT molecular complexity index is 3520. The molecule has 0 atom stereocenters. The van der Waals surface area contributed by atoms with E-state index in [4.69, 9.17) is 8.83 Å². The number of hydrogen-bond acceptors (Lipinski definition) is 3. The summed E-state index contributed by atoms with van der Waals surface area (Å²) in [4.78, 5) is 2.32. The van der Waals surface area contributed by atoms with Gasteiger partial charge in [-0.3, -0.25) is 0 Å². The van der Waals surface area contributed by atoms with Gasteiger partial charge >= 0.3 is 0 Å². The molecule has 12 rings (SSSR count). The van der Waals surface area contributed by atoms with E-state index in [1.807, 2.05) is 12.1 Å². The van der Waals surface area contributed by atoms with Crippen LogP contribution in [0.25, 0.3) is 98.8 Å². The molecule has 0 radical (unpaired) electrons. The van der Waals surface area contributed by atoms with Crippen LogP contribution in [0.3, 0.4) is 0 Å². The lowest BCUT2D eigenvalue weighted by Gasteiger charge is -2.26. The fourth-order valence-corrected chi connectivity index (χ4v) is 9.01. The van der Waals surface area contributed by atoms with Crippen molar-refractivity contribution in [3.05, 3.63) is 212 Å². The molecule has 0 aliphatic rings. The molecule has 0 fully saturated rings. The molecule has 2 aromatic heterocycles. The van der Waals surface area contributed by atoms with Gasteiger partial charge in [-0.1, -0.05) is 164 Å². The maximum absolute atomic E-state index is 6.90. The second kappa shape index (κ2) is 13.4. The van der Waals surface area contributed by atoms with E-state index >= 15 is 0 Å². The summed E-state index contributed by atoms with van der Waals surface area (Å²) in [5.74, 6) is 0. The van der Waals surface area contributed by atoms with Crippen molar-refractivity contribution in [1.82, 2.24) is 0 Å². The van der Waals surface area contributed by atoms with Crippen molar-refractivity contribution in [3.63, 3.8) is 0 Å². The largest absolute Gasteiger partial charge is 0.455 e. The third-order valence-electron chi connectivity index (χ3n) is 11.9. The standard InChI is InChI=1S/C56H35NO2/c1-2-10-36(11-3-1)37-22-29-42(30-23-37)57(43-31-24-39(25-32-43)46-15-8-17-49-48-14-6-7-19-52(48)58-54(46)49)44-33-26-40(27-34-44)47-16-9-18-50-51-35-28-41-21-20-38-12-4-5-13-45(38)53(41)56(51)59-55(47)50/h1-35H. The first-order valence-corrected chi connectivity index (χ1v) is 20.1. The lowest BCUT2D eigenvalue weighted by Crippen LogP contribution is -2.09. The van der Waals surface area contributed by atoms with Gasteiger partial charge in [0.15, 0.2) is 0 Å². The summed E-state index contributed by atoms with van der Waals surface area (Å²) < 4.78 is 13.3. The Kier molecular flexibility index (Phi) is 7.54. The van der Waals surface area contributed by atoms with Crippen LogP contribution in [-0.2, 0) is 0 Å². The molecule has 0 aliphatic heterocycles. The topological polar surface area (TPSA) is 29.5 Å². The Hall–Kier alpha value is -7.88. The van der Waals surface area contributed by atoms with Gasteiger partial charge in [-0.05, 0) is 86.9 Å². The molecule has 0 unspecified atom stereocenters. The monoisotopic (exact) mass is 753 g/mol. The third kappa shape index (κ3) is 5.44. The number of anilines is 3. The van der Waals surface area contributed by atoms with Crippen LogP contribution < -0.4 is 4.90 Å². The zero-order valence-corrected chi connectivity index (χ0v) is 32.0. The van der Waals surface area contributed by atoms with E-state index in [2.05, 4.69) is 205 Å². The Morgan fingerprint density at radius 1 is 0.271 bits per heavy atom. The van der Waals surface area contributed by atoms with Crippen LogP contribution in [-0.4, -0.2) is 0 Å². The summed E-state index contributed by atoms with van der Waals surface area (Å²) in [6, 6.07) is 75.5. The zero-order chi connectivity index (χ0) is 38.9. The summed E-state index contributed by atoms with van der Waals surface area (Å²) in [6.45, 7) is 0. The van der Waals surface area contributed by atoms with Gasteiger partial charge < -0.3 is 13.7 Å². The molecular formula is C56H35NO2. The molecule has 0 N–H and O–H groups in total. The smallest absolute Gasteiger partial charge is 0.143 e. The van der Waals surface area contributed by atoms with Crippen LogP contribution in [0.2, 0.25) is 0 Å². The SMILES string of the molecule is c1ccc(-c2ccc(N(c3ccc(-c4cccc5c4oc4ccccc45)cc3)c3ccc(-c4cccc5c4oc4c5ccc5ccc6ccccc6c54)cc3)cc2)cc1. The first kappa shape index (κ1) is 33.3. The molecule has 0 spiro atoms. The number of rotatable bonds is 6. The van der Waals surface area contributed by atoms with Crippen molar-refractivity contribution in [2.75, 3.05) is 4.90 Å². The minimum absolute atomic E-state index is 0.902. The van der Waals surface area contributed by atoms with E-state index in [1.165, 1.54) is 27.3 Å². The fraction of sp³-hybridized carbons (Fsp3) is 0. The predicted molar refractivity (Wildman–Crippen MR) is 247 cm³/mol. The van der Waals surface area contributed by atoms with Gasteiger partial charge in [-0.15, -0.1) is 0 Å². The maximum atomic E-state index is 6.90. The van der Waals surface area contributed by atoms with Gasteiger partial charge in [-0.25, -0.2) is 0 Å². The highest BCUT2D eigenvalue weighted by molar-refractivity contribution is 6.24. The van der Waals surface area contributed by atoms with E-state index in [-0.39, 0.29) is 0 Å². The minimum Gasteiger partial charge on any atom is -0.455 e. The van der Waals surface area contributed by atoms with E-state index in [0.29, 0.717) is 0 Å². The molecule has 0 saturated heterocycles. The van der Waals surface area contributed by atoms with Gasteiger partial charge in [0.2, 0.25) is 0 Å². The lowest BCUT2D eigenvalue weighted by atomic mass is 9.98.